The van der Waals surface area contributed by atoms with Crippen LogP contribution in [-0.4, -0.2) is 44.1 Å². The van der Waals surface area contributed by atoms with Gasteiger partial charge in [-0.25, -0.2) is 0 Å². The third-order valence-corrected chi connectivity index (χ3v) is 5.57. The molecule has 1 saturated heterocycles. The fraction of sp³-hybridized carbons (Fsp3) is 0.696. The molecule has 0 radical (unpaired) electrons. The van der Waals surface area contributed by atoms with E-state index >= 15 is 0 Å². The maximum Gasteiger partial charge on any atom is 0.225 e. The minimum Gasteiger partial charge on any atom is -0.496 e. The van der Waals surface area contributed by atoms with Gasteiger partial charge in [-0.2, -0.15) is 0 Å². The van der Waals surface area contributed by atoms with Gasteiger partial charge in [0.1, 0.15) is 5.75 Å². The summed E-state index contributed by atoms with van der Waals surface area (Å²) in [5, 5.41) is 3.14. The van der Waals surface area contributed by atoms with Gasteiger partial charge in [0, 0.05) is 25.0 Å². The number of hydrogen-bond donors (Lipinski definition) is 1. The van der Waals surface area contributed by atoms with Crippen LogP contribution < -0.4 is 10.1 Å². The molecule has 4 heteroatoms. The van der Waals surface area contributed by atoms with E-state index in [9.17, 15) is 4.79 Å². The van der Waals surface area contributed by atoms with Crippen molar-refractivity contribution in [3.05, 3.63) is 29.8 Å². The minimum atomic E-state index is -0.452. The molecular weight excluding hydrogens is 336 g/mol. The van der Waals surface area contributed by atoms with E-state index < -0.39 is 5.41 Å². The molecule has 0 saturated carbocycles. The molecule has 1 aromatic carbocycles. The van der Waals surface area contributed by atoms with Crippen molar-refractivity contribution >= 4 is 5.91 Å². The van der Waals surface area contributed by atoms with Crippen molar-refractivity contribution in [1.29, 1.82) is 0 Å². The zero-order chi connectivity index (χ0) is 19.9. The summed E-state index contributed by atoms with van der Waals surface area (Å²) in [6.07, 6.45) is 4.21. The van der Waals surface area contributed by atoms with Crippen molar-refractivity contribution in [2.24, 2.45) is 17.3 Å². The number of methoxy groups -OCH3 is 1. The van der Waals surface area contributed by atoms with Crippen molar-refractivity contribution in [3.8, 4) is 5.75 Å². The van der Waals surface area contributed by atoms with E-state index in [2.05, 4.69) is 24.1 Å². The Kier molecular flexibility index (Phi) is 8.15. The zero-order valence-corrected chi connectivity index (χ0v) is 17.9. The molecule has 152 valence electrons. The molecule has 0 aliphatic carbocycles. The van der Waals surface area contributed by atoms with Crippen LogP contribution in [0.3, 0.4) is 0 Å². The Bertz CT molecular complexity index is 590. The molecule has 1 aliphatic rings. The first-order valence-corrected chi connectivity index (χ1v) is 10.4. The number of benzene rings is 1. The van der Waals surface area contributed by atoms with Gasteiger partial charge < -0.3 is 15.0 Å². The SMILES string of the molecule is COc1ccccc1CC(C)(C)C(=O)NCCCCN1CC(C)CC(C)C1. The van der Waals surface area contributed by atoms with Gasteiger partial charge >= 0.3 is 0 Å². The first kappa shape index (κ1) is 21.7. The number of piperidine rings is 1. The number of nitrogens with one attached hydrogen (secondary N) is 1. The predicted molar refractivity (Wildman–Crippen MR) is 112 cm³/mol. The lowest BCUT2D eigenvalue weighted by Crippen LogP contribution is -2.40. The molecule has 2 atom stereocenters. The highest BCUT2D eigenvalue weighted by molar-refractivity contribution is 5.82. The number of hydrogen-bond acceptors (Lipinski definition) is 3. The van der Waals surface area contributed by atoms with Gasteiger partial charge in [-0.3, -0.25) is 4.79 Å². The van der Waals surface area contributed by atoms with Crippen LogP contribution in [0, 0.1) is 17.3 Å². The van der Waals surface area contributed by atoms with Crippen LogP contribution in [0.4, 0.5) is 0 Å². The number of rotatable bonds is 9. The number of amides is 1. The Morgan fingerprint density at radius 2 is 1.85 bits per heavy atom. The summed E-state index contributed by atoms with van der Waals surface area (Å²) in [5.41, 5.74) is 0.625. The minimum absolute atomic E-state index is 0.119. The summed E-state index contributed by atoms with van der Waals surface area (Å²) in [7, 11) is 1.68. The fourth-order valence-electron chi connectivity index (χ4n) is 4.28. The summed E-state index contributed by atoms with van der Waals surface area (Å²) in [6, 6.07) is 7.94. The number of carbonyl (C=O) groups excluding carboxylic acids is 1. The third-order valence-electron chi connectivity index (χ3n) is 5.57. The van der Waals surface area contributed by atoms with Crippen molar-refractivity contribution in [1.82, 2.24) is 10.2 Å². The van der Waals surface area contributed by atoms with Crippen LogP contribution in [0.25, 0.3) is 0 Å². The van der Waals surface area contributed by atoms with E-state index in [4.69, 9.17) is 4.74 Å². The summed E-state index contributed by atoms with van der Waals surface area (Å²) in [4.78, 5) is 15.2. The normalized spacial score (nSPS) is 21.1. The number of carbonyl (C=O) groups is 1. The van der Waals surface area contributed by atoms with Gasteiger partial charge in [-0.05, 0) is 55.7 Å². The van der Waals surface area contributed by atoms with E-state index in [0.717, 1.165) is 49.1 Å². The third kappa shape index (κ3) is 6.84. The molecule has 1 fully saturated rings. The summed E-state index contributed by atoms with van der Waals surface area (Å²) in [5.74, 6) is 2.59. The lowest BCUT2D eigenvalue weighted by atomic mass is 9.84. The molecular formula is C23H38N2O2. The number of unbranched alkanes of at least 4 members (excludes halogenated alkanes) is 1. The van der Waals surface area contributed by atoms with Gasteiger partial charge in [0.2, 0.25) is 5.91 Å². The van der Waals surface area contributed by atoms with Gasteiger partial charge in [-0.15, -0.1) is 0 Å². The molecule has 1 N–H and O–H groups in total. The van der Waals surface area contributed by atoms with E-state index in [0.29, 0.717) is 6.42 Å². The lowest BCUT2D eigenvalue weighted by Gasteiger charge is -2.35. The molecule has 0 aromatic heterocycles. The van der Waals surface area contributed by atoms with Crippen molar-refractivity contribution < 1.29 is 9.53 Å². The topological polar surface area (TPSA) is 41.6 Å². The molecule has 0 spiro atoms. The average molecular weight is 375 g/mol. The molecule has 4 nitrogen and oxygen atoms in total. The van der Waals surface area contributed by atoms with E-state index in [1.54, 1.807) is 7.11 Å². The largest absolute Gasteiger partial charge is 0.496 e. The predicted octanol–water partition coefficient (Wildman–Crippen LogP) is 4.14. The highest BCUT2D eigenvalue weighted by Gasteiger charge is 2.28. The number of likely N-dealkylation sites (tertiary alicyclic amines) is 1. The zero-order valence-electron chi connectivity index (χ0n) is 17.9. The molecule has 1 aromatic rings. The van der Waals surface area contributed by atoms with Gasteiger partial charge in [0.05, 0.1) is 7.11 Å². The second-order valence-corrected chi connectivity index (χ2v) is 9.04. The van der Waals surface area contributed by atoms with Crippen LogP contribution in [0.2, 0.25) is 0 Å². The monoisotopic (exact) mass is 374 g/mol. The van der Waals surface area contributed by atoms with Crippen LogP contribution in [0.1, 0.15) is 52.5 Å². The molecule has 1 aliphatic heterocycles. The Hall–Kier alpha value is -1.55. The summed E-state index contributed by atoms with van der Waals surface area (Å²) < 4.78 is 5.42. The van der Waals surface area contributed by atoms with Crippen molar-refractivity contribution in [3.63, 3.8) is 0 Å². The summed E-state index contributed by atoms with van der Waals surface area (Å²) >= 11 is 0. The Morgan fingerprint density at radius 1 is 1.19 bits per heavy atom. The van der Waals surface area contributed by atoms with Gasteiger partial charge in [0.15, 0.2) is 0 Å². The number of ether oxygens (including phenoxy) is 1. The molecule has 1 heterocycles. The summed E-state index contributed by atoms with van der Waals surface area (Å²) in [6.45, 7) is 13.1. The quantitative estimate of drug-likeness (QED) is 0.661. The molecule has 2 unspecified atom stereocenters. The molecule has 27 heavy (non-hydrogen) atoms. The Labute approximate surface area is 165 Å². The molecule has 0 bridgehead atoms. The average Bonchev–Trinajstić information content (AvgIpc) is 2.60. The maximum atomic E-state index is 12.7. The maximum absolute atomic E-state index is 12.7. The second-order valence-electron chi connectivity index (χ2n) is 9.04. The van der Waals surface area contributed by atoms with E-state index in [1.165, 1.54) is 19.5 Å². The van der Waals surface area contributed by atoms with E-state index in [1.807, 2.05) is 38.1 Å². The Morgan fingerprint density at radius 3 is 2.52 bits per heavy atom. The highest BCUT2D eigenvalue weighted by Crippen LogP contribution is 2.28. The fourth-order valence-corrected chi connectivity index (χ4v) is 4.28. The molecule has 2 rings (SSSR count). The van der Waals surface area contributed by atoms with Crippen molar-refractivity contribution in [2.45, 2.75) is 53.4 Å². The first-order chi connectivity index (χ1) is 12.8. The number of nitrogens with zero attached hydrogens (tertiary/aromatic N) is 1. The lowest BCUT2D eigenvalue weighted by molar-refractivity contribution is -0.129. The second kappa shape index (κ2) is 10.1. The number of para-hydroxylation sites is 1. The van der Waals surface area contributed by atoms with Gasteiger partial charge in [0.25, 0.3) is 0 Å². The first-order valence-electron chi connectivity index (χ1n) is 10.4. The Balaban J connectivity index is 1.71. The van der Waals surface area contributed by atoms with Crippen LogP contribution in [0.15, 0.2) is 24.3 Å². The standard InChI is InChI=1S/C23H38N2O2/c1-18-14-19(2)17-25(16-18)13-9-8-12-24-22(26)23(3,4)15-20-10-6-7-11-21(20)27-5/h6-7,10-11,18-19H,8-9,12-17H2,1-5H3,(H,24,26). The van der Waals surface area contributed by atoms with Crippen molar-refractivity contribution in [2.75, 3.05) is 33.3 Å². The smallest absolute Gasteiger partial charge is 0.225 e. The van der Waals surface area contributed by atoms with Crippen LogP contribution in [0.5, 0.6) is 5.75 Å². The van der Waals surface area contributed by atoms with Gasteiger partial charge in [-0.1, -0.05) is 45.9 Å². The van der Waals surface area contributed by atoms with Crippen LogP contribution in [-0.2, 0) is 11.2 Å². The highest BCUT2D eigenvalue weighted by atomic mass is 16.5. The molecule has 1 amide bonds. The van der Waals surface area contributed by atoms with Crippen LogP contribution >= 0.6 is 0 Å². The van der Waals surface area contributed by atoms with E-state index in [-0.39, 0.29) is 5.91 Å².